The first-order valence-corrected chi connectivity index (χ1v) is 7.78. The summed E-state index contributed by atoms with van der Waals surface area (Å²) >= 11 is 0. The number of carbonyl (C=O) groups excluding carboxylic acids is 1. The number of nitrogens with zero attached hydrogens (tertiary/aromatic N) is 1. The van der Waals surface area contributed by atoms with Crippen LogP contribution in [0.2, 0.25) is 0 Å². The first kappa shape index (κ1) is 14.5. The van der Waals surface area contributed by atoms with Crippen LogP contribution in [0.3, 0.4) is 0 Å². The third-order valence-corrected chi connectivity index (χ3v) is 4.36. The van der Waals surface area contributed by atoms with Crippen molar-refractivity contribution in [3.8, 4) is 0 Å². The van der Waals surface area contributed by atoms with Crippen molar-refractivity contribution >= 4 is 5.91 Å². The number of amides is 1. The maximum atomic E-state index is 12.2. The molecule has 1 aromatic carbocycles. The lowest BCUT2D eigenvalue weighted by atomic mass is 10.0. The van der Waals surface area contributed by atoms with E-state index in [0.29, 0.717) is 0 Å². The minimum absolute atomic E-state index is 0.0881. The summed E-state index contributed by atoms with van der Waals surface area (Å²) in [7, 11) is 2.13. The van der Waals surface area contributed by atoms with Crippen molar-refractivity contribution < 1.29 is 4.79 Å². The Morgan fingerprint density at radius 3 is 2.76 bits per heavy atom. The molecule has 2 unspecified atom stereocenters. The van der Waals surface area contributed by atoms with Crippen molar-refractivity contribution in [2.45, 2.75) is 37.4 Å². The van der Waals surface area contributed by atoms with Gasteiger partial charge in [0.25, 0.3) is 0 Å². The predicted octanol–water partition coefficient (Wildman–Crippen LogP) is 0.805. The Labute approximate surface area is 126 Å². The molecule has 1 heterocycles. The fraction of sp³-hybridized carbons (Fsp3) is 0.562. The van der Waals surface area contributed by atoms with Crippen LogP contribution in [0.5, 0.6) is 0 Å². The average Bonchev–Trinajstić information content (AvgIpc) is 3.25. The quantitative estimate of drug-likeness (QED) is 0.725. The zero-order chi connectivity index (χ0) is 14.7. The maximum Gasteiger partial charge on any atom is 0.238 e. The standard InChI is InChI=1S/C16H24N4O/c1-20(13-7-8-13)10-9-17-16(21)15-11-14(18-19-15)12-5-3-2-4-6-12/h2-6,13-15,18-19H,7-11H2,1H3,(H,17,21). The lowest BCUT2D eigenvalue weighted by Gasteiger charge is -2.17. The minimum Gasteiger partial charge on any atom is -0.353 e. The van der Waals surface area contributed by atoms with Crippen molar-refractivity contribution in [3.63, 3.8) is 0 Å². The summed E-state index contributed by atoms with van der Waals surface area (Å²) in [5.74, 6) is 0.0881. The molecule has 0 bridgehead atoms. The number of hydrazine groups is 1. The van der Waals surface area contributed by atoms with E-state index in [1.54, 1.807) is 0 Å². The molecule has 3 rings (SSSR count). The van der Waals surface area contributed by atoms with E-state index in [4.69, 9.17) is 0 Å². The number of hydrogen-bond donors (Lipinski definition) is 3. The van der Waals surface area contributed by atoms with Crippen molar-refractivity contribution in [2.75, 3.05) is 20.1 Å². The van der Waals surface area contributed by atoms with Crippen LogP contribution in [-0.4, -0.2) is 43.0 Å². The number of rotatable bonds is 6. The lowest BCUT2D eigenvalue weighted by molar-refractivity contribution is -0.122. The van der Waals surface area contributed by atoms with Gasteiger partial charge in [-0.05, 0) is 31.9 Å². The maximum absolute atomic E-state index is 12.2. The van der Waals surface area contributed by atoms with Gasteiger partial charge in [0.1, 0.15) is 6.04 Å². The largest absolute Gasteiger partial charge is 0.353 e. The highest BCUT2D eigenvalue weighted by Gasteiger charge is 2.30. The second-order valence-corrected chi connectivity index (χ2v) is 6.04. The molecule has 1 aliphatic carbocycles. The molecule has 5 nitrogen and oxygen atoms in total. The summed E-state index contributed by atoms with van der Waals surface area (Å²) in [6.45, 7) is 1.65. The summed E-state index contributed by atoms with van der Waals surface area (Å²) in [5.41, 5.74) is 7.53. The van der Waals surface area contributed by atoms with Crippen LogP contribution < -0.4 is 16.2 Å². The van der Waals surface area contributed by atoms with Gasteiger partial charge in [-0.2, -0.15) is 0 Å². The fourth-order valence-corrected chi connectivity index (χ4v) is 2.81. The molecule has 1 saturated heterocycles. The summed E-state index contributed by atoms with van der Waals surface area (Å²) in [5, 5.41) is 3.03. The third kappa shape index (κ3) is 3.81. The Kier molecular flexibility index (Phi) is 4.53. The molecule has 3 N–H and O–H groups in total. The van der Waals surface area contributed by atoms with Crippen LogP contribution >= 0.6 is 0 Å². The zero-order valence-corrected chi connectivity index (χ0v) is 12.5. The highest BCUT2D eigenvalue weighted by atomic mass is 16.2. The van der Waals surface area contributed by atoms with E-state index in [2.05, 4.69) is 40.2 Å². The van der Waals surface area contributed by atoms with E-state index < -0.39 is 0 Å². The number of hydrogen-bond acceptors (Lipinski definition) is 4. The van der Waals surface area contributed by atoms with Crippen LogP contribution in [0.25, 0.3) is 0 Å². The average molecular weight is 288 g/mol. The summed E-state index contributed by atoms with van der Waals surface area (Å²) in [4.78, 5) is 14.5. The van der Waals surface area contributed by atoms with Crippen LogP contribution in [-0.2, 0) is 4.79 Å². The van der Waals surface area contributed by atoms with Gasteiger partial charge in [0.05, 0.1) is 0 Å². The Morgan fingerprint density at radius 1 is 1.29 bits per heavy atom. The van der Waals surface area contributed by atoms with E-state index in [0.717, 1.165) is 25.6 Å². The Bertz CT molecular complexity index is 474. The van der Waals surface area contributed by atoms with Gasteiger partial charge in [0.15, 0.2) is 0 Å². The minimum atomic E-state index is -0.151. The first-order chi connectivity index (χ1) is 10.2. The number of carbonyl (C=O) groups is 1. The molecule has 1 aliphatic heterocycles. The monoisotopic (exact) mass is 288 g/mol. The van der Waals surface area contributed by atoms with E-state index in [-0.39, 0.29) is 18.0 Å². The van der Waals surface area contributed by atoms with Crippen LogP contribution in [0.1, 0.15) is 30.9 Å². The second kappa shape index (κ2) is 6.56. The van der Waals surface area contributed by atoms with E-state index in [1.807, 2.05) is 18.2 Å². The van der Waals surface area contributed by atoms with Gasteiger partial charge in [-0.3, -0.25) is 4.79 Å². The molecule has 0 aromatic heterocycles. The molecular weight excluding hydrogens is 264 g/mol. The Balaban J connectivity index is 1.41. The molecule has 5 heteroatoms. The van der Waals surface area contributed by atoms with Gasteiger partial charge in [0.2, 0.25) is 5.91 Å². The van der Waals surface area contributed by atoms with Crippen LogP contribution in [0.15, 0.2) is 30.3 Å². The molecule has 1 aromatic rings. The molecule has 21 heavy (non-hydrogen) atoms. The van der Waals surface area contributed by atoms with Crippen molar-refractivity contribution in [1.82, 2.24) is 21.1 Å². The fourth-order valence-electron chi connectivity index (χ4n) is 2.81. The SMILES string of the molecule is CN(CCNC(=O)C1CC(c2ccccc2)NN1)C1CC1. The van der Waals surface area contributed by atoms with Crippen LogP contribution in [0, 0.1) is 0 Å². The van der Waals surface area contributed by atoms with Gasteiger partial charge in [-0.1, -0.05) is 30.3 Å². The number of likely N-dealkylation sites (N-methyl/N-ethyl adjacent to an activating group) is 1. The van der Waals surface area contributed by atoms with Gasteiger partial charge in [0, 0.05) is 25.2 Å². The normalized spacial score (nSPS) is 25.2. The van der Waals surface area contributed by atoms with Crippen molar-refractivity contribution in [1.29, 1.82) is 0 Å². The Hall–Kier alpha value is -1.43. The van der Waals surface area contributed by atoms with Gasteiger partial charge in [-0.15, -0.1) is 0 Å². The van der Waals surface area contributed by atoms with E-state index in [9.17, 15) is 4.79 Å². The Morgan fingerprint density at radius 2 is 2.05 bits per heavy atom. The first-order valence-electron chi connectivity index (χ1n) is 7.78. The molecule has 1 saturated carbocycles. The molecule has 2 fully saturated rings. The molecule has 2 atom stereocenters. The number of benzene rings is 1. The second-order valence-electron chi connectivity index (χ2n) is 6.04. The van der Waals surface area contributed by atoms with Gasteiger partial charge in [-0.25, -0.2) is 10.9 Å². The van der Waals surface area contributed by atoms with Gasteiger partial charge < -0.3 is 10.2 Å². The molecular formula is C16H24N4O. The topological polar surface area (TPSA) is 56.4 Å². The highest BCUT2D eigenvalue weighted by molar-refractivity contribution is 5.82. The molecule has 0 spiro atoms. The summed E-state index contributed by atoms with van der Waals surface area (Å²) in [6, 6.07) is 11.0. The highest BCUT2D eigenvalue weighted by Crippen LogP contribution is 2.24. The van der Waals surface area contributed by atoms with E-state index in [1.165, 1.54) is 18.4 Å². The molecule has 114 valence electrons. The zero-order valence-electron chi connectivity index (χ0n) is 12.5. The summed E-state index contributed by atoms with van der Waals surface area (Å²) < 4.78 is 0. The predicted molar refractivity (Wildman–Crippen MR) is 82.5 cm³/mol. The van der Waals surface area contributed by atoms with Crippen molar-refractivity contribution in [2.24, 2.45) is 0 Å². The van der Waals surface area contributed by atoms with E-state index >= 15 is 0 Å². The smallest absolute Gasteiger partial charge is 0.238 e. The third-order valence-electron chi connectivity index (χ3n) is 4.36. The lowest BCUT2D eigenvalue weighted by Crippen LogP contribution is -2.45. The van der Waals surface area contributed by atoms with Gasteiger partial charge >= 0.3 is 0 Å². The molecule has 2 aliphatic rings. The molecule has 0 radical (unpaired) electrons. The molecule has 1 amide bonds. The van der Waals surface area contributed by atoms with Crippen LogP contribution in [0.4, 0.5) is 0 Å². The van der Waals surface area contributed by atoms with Crippen molar-refractivity contribution in [3.05, 3.63) is 35.9 Å². The number of nitrogens with one attached hydrogen (secondary N) is 3. The summed E-state index contributed by atoms with van der Waals surface area (Å²) in [6.07, 6.45) is 3.39.